The van der Waals surface area contributed by atoms with Crippen LogP contribution < -0.4 is 0 Å². The van der Waals surface area contributed by atoms with E-state index in [9.17, 15) is 13.6 Å². The molecule has 32 heavy (non-hydrogen) atoms. The third kappa shape index (κ3) is 5.81. The van der Waals surface area contributed by atoms with Gasteiger partial charge in [0.25, 0.3) is 0 Å². The van der Waals surface area contributed by atoms with Crippen LogP contribution in [0, 0.1) is 11.8 Å². The molecule has 0 aromatic heterocycles. The predicted octanol–water partition coefficient (Wildman–Crippen LogP) is 6.96. The van der Waals surface area contributed by atoms with Crippen molar-refractivity contribution in [2.75, 3.05) is 0 Å². The van der Waals surface area contributed by atoms with Crippen LogP contribution in [-0.2, 0) is 28.7 Å². The third-order valence-corrected chi connectivity index (χ3v) is 8.09. The van der Waals surface area contributed by atoms with Crippen molar-refractivity contribution >= 4 is 41.6 Å². The van der Waals surface area contributed by atoms with E-state index in [1.54, 1.807) is 6.08 Å². The Hall–Kier alpha value is -1.69. The molecule has 5 heteroatoms. The van der Waals surface area contributed by atoms with Crippen molar-refractivity contribution in [1.29, 1.82) is 0 Å². The van der Waals surface area contributed by atoms with Crippen LogP contribution in [0.15, 0.2) is 45.7 Å². The Morgan fingerprint density at radius 3 is 2.62 bits per heavy atom. The molecular formula is C27H34O3S2. The highest BCUT2D eigenvalue weighted by Gasteiger charge is 2.30. The fraction of sp³-hybridized carbons (Fsp3) is 0.444. The molecule has 1 fully saturated rings. The van der Waals surface area contributed by atoms with Gasteiger partial charge in [-0.15, -0.1) is 12.6 Å². The van der Waals surface area contributed by atoms with E-state index in [2.05, 4.69) is 38.3 Å². The van der Waals surface area contributed by atoms with Crippen molar-refractivity contribution in [2.45, 2.75) is 70.6 Å². The molecule has 1 unspecified atom stereocenters. The first kappa shape index (κ1) is 24.9. The van der Waals surface area contributed by atoms with E-state index in [-0.39, 0.29) is 11.7 Å². The standard InChI is InChI=1S/C27H34O3S2/c1-5-7-8-17(3)26(31)25(28)12-9-19-14-22-16-20(6-2)23(13-18(4)21-10-11-21)27(32(29)30)24(22)15-19/h5-7,13,16,19,21,31H,2,8-12,14-15H2,1,3-4H3,(H,29,30)/b7-5-,18-13+,26-17-/t19-/m1/s1. The minimum atomic E-state index is -2.07. The first-order valence-electron chi connectivity index (χ1n) is 11.4. The summed E-state index contributed by atoms with van der Waals surface area (Å²) in [6, 6.07) is 2.12. The summed E-state index contributed by atoms with van der Waals surface area (Å²) in [5.41, 5.74) is 6.10. The molecule has 2 aliphatic carbocycles. The Kier molecular flexibility index (Phi) is 8.54. The second-order valence-electron chi connectivity index (χ2n) is 9.10. The van der Waals surface area contributed by atoms with Crippen LogP contribution in [0.3, 0.4) is 0 Å². The van der Waals surface area contributed by atoms with Crippen LogP contribution in [0.25, 0.3) is 12.2 Å². The second-order valence-corrected chi connectivity index (χ2v) is 10.5. The molecule has 0 amide bonds. The van der Waals surface area contributed by atoms with Crippen molar-refractivity contribution < 1.29 is 13.6 Å². The highest BCUT2D eigenvalue weighted by atomic mass is 32.2. The molecule has 3 nitrogen and oxygen atoms in total. The summed E-state index contributed by atoms with van der Waals surface area (Å²) in [6.45, 7) is 9.97. The van der Waals surface area contributed by atoms with E-state index in [1.165, 1.54) is 18.4 Å². The number of fused-ring (bicyclic) bond motifs is 1. The highest BCUT2D eigenvalue weighted by molar-refractivity contribution is 7.85. The van der Waals surface area contributed by atoms with Gasteiger partial charge in [-0.3, -0.25) is 4.79 Å². The van der Waals surface area contributed by atoms with Crippen LogP contribution >= 0.6 is 12.6 Å². The van der Waals surface area contributed by atoms with Gasteiger partial charge in [-0.05, 0) is 87.8 Å². The van der Waals surface area contributed by atoms with Crippen LogP contribution in [0.4, 0.5) is 0 Å². The molecule has 1 aromatic carbocycles. The number of carbonyl (C=O) groups is 1. The average molecular weight is 471 g/mol. The summed E-state index contributed by atoms with van der Waals surface area (Å²) in [6.07, 6.45) is 13.7. The third-order valence-electron chi connectivity index (χ3n) is 6.64. The zero-order valence-corrected chi connectivity index (χ0v) is 21.0. The zero-order valence-electron chi connectivity index (χ0n) is 19.3. The van der Waals surface area contributed by atoms with Crippen LogP contribution in [-0.4, -0.2) is 14.5 Å². The molecule has 2 aliphatic rings. The lowest BCUT2D eigenvalue weighted by molar-refractivity contribution is -0.115. The molecule has 0 saturated heterocycles. The van der Waals surface area contributed by atoms with Gasteiger partial charge in [0.05, 0.1) is 4.90 Å². The van der Waals surface area contributed by atoms with Gasteiger partial charge < -0.3 is 4.55 Å². The van der Waals surface area contributed by atoms with Crippen LogP contribution in [0.5, 0.6) is 0 Å². The van der Waals surface area contributed by atoms with Gasteiger partial charge in [0, 0.05) is 16.9 Å². The van der Waals surface area contributed by atoms with Crippen molar-refractivity contribution in [1.82, 2.24) is 0 Å². The number of hydrogen-bond donors (Lipinski definition) is 2. The lowest BCUT2D eigenvalue weighted by Gasteiger charge is -2.14. The Balaban J connectivity index is 1.80. The van der Waals surface area contributed by atoms with Gasteiger partial charge in [-0.25, -0.2) is 4.21 Å². The highest BCUT2D eigenvalue weighted by Crippen LogP contribution is 2.41. The average Bonchev–Trinajstić information content (AvgIpc) is 3.54. The number of rotatable bonds is 10. The fourth-order valence-electron chi connectivity index (χ4n) is 4.56. The van der Waals surface area contributed by atoms with E-state index < -0.39 is 11.1 Å². The maximum atomic E-state index is 12.6. The normalized spacial score (nSPS) is 20.3. The minimum absolute atomic E-state index is 0.0766. The smallest absolute Gasteiger partial charge is 0.187 e. The van der Waals surface area contributed by atoms with Gasteiger partial charge in [-0.1, -0.05) is 48.1 Å². The van der Waals surface area contributed by atoms with Gasteiger partial charge >= 0.3 is 0 Å². The number of allylic oxidation sites excluding steroid dienone is 5. The van der Waals surface area contributed by atoms with Crippen molar-refractivity contribution in [3.63, 3.8) is 0 Å². The molecule has 3 rings (SSSR count). The minimum Gasteiger partial charge on any atom is -0.302 e. The number of Topliss-reactive ketones (excluding diaryl/α,β-unsaturated/α-hetero) is 1. The molecule has 0 radical (unpaired) electrons. The first-order chi connectivity index (χ1) is 15.3. The maximum Gasteiger partial charge on any atom is 0.187 e. The summed E-state index contributed by atoms with van der Waals surface area (Å²) in [4.78, 5) is 13.7. The van der Waals surface area contributed by atoms with Gasteiger partial charge in [0.1, 0.15) is 0 Å². The summed E-state index contributed by atoms with van der Waals surface area (Å²) < 4.78 is 22.6. The number of hydrogen-bond acceptors (Lipinski definition) is 3. The van der Waals surface area contributed by atoms with E-state index in [0.29, 0.717) is 22.1 Å². The number of ketones is 1. The number of thiol groups is 1. The molecule has 2 atom stereocenters. The van der Waals surface area contributed by atoms with E-state index in [0.717, 1.165) is 53.5 Å². The van der Waals surface area contributed by atoms with Crippen LogP contribution in [0.1, 0.15) is 75.1 Å². The summed E-state index contributed by atoms with van der Waals surface area (Å²) in [7, 11) is 0. The van der Waals surface area contributed by atoms with Crippen molar-refractivity contribution in [3.05, 3.63) is 63.1 Å². The lowest BCUT2D eigenvalue weighted by atomic mass is 9.97. The SMILES string of the molecule is C=Cc1cc2c(c(S(=O)O)c1/C=C(\C)C1CC1)C[C@H](CCC(=O)/C(S)=C(\C)C/C=C\C)C2. The van der Waals surface area contributed by atoms with Gasteiger partial charge in [-0.2, -0.15) is 0 Å². The largest absolute Gasteiger partial charge is 0.302 e. The van der Waals surface area contributed by atoms with Gasteiger partial charge in [0.2, 0.25) is 0 Å². The summed E-state index contributed by atoms with van der Waals surface area (Å²) in [5, 5.41) is 0. The maximum absolute atomic E-state index is 12.6. The molecule has 0 spiro atoms. The Morgan fingerprint density at radius 2 is 2.03 bits per heavy atom. The Bertz CT molecular complexity index is 1030. The van der Waals surface area contributed by atoms with Crippen molar-refractivity contribution in [2.24, 2.45) is 11.8 Å². The van der Waals surface area contributed by atoms with Crippen LogP contribution in [0.2, 0.25) is 0 Å². The second kappa shape index (κ2) is 11.0. The molecule has 0 aliphatic heterocycles. The fourth-order valence-corrected chi connectivity index (χ4v) is 5.55. The summed E-state index contributed by atoms with van der Waals surface area (Å²) >= 11 is 2.39. The first-order valence-corrected chi connectivity index (χ1v) is 12.9. The molecule has 0 bridgehead atoms. The molecule has 0 heterocycles. The monoisotopic (exact) mass is 470 g/mol. The summed E-state index contributed by atoms with van der Waals surface area (Å²) in [5.74, 6) is 0.960. The lowest BCUT2D eigenvalue weighted by Crippen LogP contribution is -2.07. The topological polar surface area (TPSA) is 54.4 Å². The zero-order chi connectivity index (χ0) is 23.4. The molecule has 1 saturated carbocycles. The quantitative estimate of drug-likeness (QED) is 0.168. The predicted molar refractivity (Wildman–Crippen MR) is 138 cm³/mol. The van der Waals surface area contributed by atoms with E-state index in [4.69, 9.17) is 0 Å². The molecule has 172 valence electrons. The van der Waals surface area contributed by atoms with Gasteiger partial charge in [0.15, 0.2) is 16.9 Å². The Labute approximate surface area is 200 Å². The molecule has 1 aromatic rings. The van der Waals surface area contributed by atoms with Crippen molar-refractivity contribution in [3.8, 4) is 0 Å². The van der Waals surface area contributed by atoms with E-state index in [1.807, 2.05) is 26.0 Å². The number of benzene rings is 1. The van der Waals surface area contributed by atoms with E-state index >= 15 is 0 Å². The molecule has 1 N–H and O–H groups in total. The number of carbonyl (C=O) groups excluding carboxylic acids is 1. The molecular weight excluding hydrogens is 436 g/mol. The Morgan fingerprint density at radius 1 is 1.31 bits per heavy atom.